The first-order chi connectivity index (χ1) is 28.2. The summed E-state index contributed by atoms with van der Waals surface area (Å²) in [5.41, 5.74) is 7.04. The van der Waals surface area contributed by atoms with Crippen molar-refractivity contribution >= 4 is 0 Å². The van der Waals surface area contributed by atoms with Crippen molar-refractivity contribution in [2.75, 3.05) is 6.61 Å². The quantitative estimate of drug-likeness (QED) is 0.0935. The van der Waals surface area contributed by atoms with E-state index in [0.717, 1.165) is 27.8 Å². The van der Waals surface area contributed by atoms with Crippen LogP contribution in [0.2, 0.25) is 0 Å². The van der Waals surface area contributed by atoms with E-state index in [-0.39, 0.29) is 5.92 Å². The van der Waals surface area contributed by atoms with Crippen LogP contribution >= 0.6 is 0 Å². The molecule has 0 saturated heterocycles. The lowest BCUT2D eigenvalue weighted by molar-refractivity contribution is -0.220. The minimum atomic E-state index is -0.902. The Kier molecular flexibility index (Phi) is 13.1. The van der Waals surface area contributed by atoms with Crippen LogP contribution in [-0.4, -0.2) is 41.1 Å². The molecule has 0 aliphatic heterocycles. The molecule has 1 N–H and O–H groups in total. The minimum Gasteiger partial charge on any atom is -0.486 e. The molecule has 0 spiro atoms. The maximum atomic E-state index is 11.8. The summed E-state index contributed by atoms with van der Waals surface area (Å²) in [5, 5.41) is 11.8. The van der Waals surface area contributed by atoms with Crippen molar-refractivity contribution in [3.63, 3.8) is 0 Å². The van der Waals surface area contributed by atoms with Gasteiger partial charge < -0.3 is 28.8 Å². The third-order valence-electron chi connectivity index (χ3n) is 11.0. The van der Waals surface area contributed by atoms with Crippen LogP contribution < -0.4 is 4.74 Å². The highest BCUT2D eigenvalue weighted by Gasteiger charge is 2.49. The predicted molar refractivity (Wildman–Crippen MR) is 220 cm³/mol. The van der Waals surface area contributed by atoms with Crippen molar-refractivity contribution in [3.05, 3.63) is 203 Å². The van der Waals surface area contributed by atoms with E-state index in [1.165, 1.54) is 18.4 Å². The van der Waals surface area contributed by atoms with Crippen LogP contribution in [0.4, 0.5) is 0 Å². The molecule has 5 aromatic carbocycles. The van der Waals surface area contributed by atoms with Gasteiger partial charge in [-0.15, -0.1) is 0 Å². The lowest BCUT2D eigenvalue weighted by atomic mass is 9.80. The van der Waals surface area contributed by atoms with Gasteiger partial charge in [-0.25, -0.2) is 0 Å². The van der Waals surface area contributed by atoms with Crippen molar-refractivity contribution in [1.29, 1.82) is 0 Å². The molecule has 0 bridgehead atoms. The number of aliphatic hydroxyl groups is 1. The van der Waals surface area contributed by atoms with Crippen molar-refractivity contribution in [1.82, 2.24) is 4.98 Å². The number of rotatable bonds is 18. The van der Waals surface area contributed by atoms with Crippen LogP contribution in [0.15, 0.2) is 164 Å². The van der Waals surface area contributed by atoms with Crippen molar-refractivity contribution < 1.29 is 28.8 Å². The summed E-state index contributed by atoms with van der Waals surface area (Å²) in [6.45, 7) is 2.01. The summed E-state index contributed by atoms with van der Waals surface area (Å²) in [6, 6.07) is 50.9. The van der Waals surface area contributed by atoms with Gasteiger partial charge in [0.05, 0.1) is 45.3 Å². The van der Waals surface area contributed by atoms with Gasteiger partial charge in [-0.05, 0) is 64.6 Å². The van der Waals surface area contributed by atoms with Gasteiger partial charge in [0.15, 0.2) is 0 Å². The van der Waals surface area contributed by atoms with Gasteiger partial charge in [-0.1, -0.05) is 146 Å². The molecule has 1 heterocycles. The summed E-state index contributed by atoms with van der Waals surface area (Å²) in [7, 11) is 0. The standard InChI is InChI=1S/C50H51NO6/c52-47(42-25-23-41(24-26-42)40-21-22-40)44-27-28-51-30-46(44)57-45-29-43(35-53-31-36-13-5-1-6-14-36)48(54-32-37-15-7-2-8-16-37)50(56-34-39-19-11-4-12-20-39)49(45)55-33-38-17-9-3-10-18-38/h1-20,23-28,30,40,43,45,47-50,52H,21-22,29,31-35H2. The molecule has 0 amide bonds. The van der Waals surface area contributed by atoms with E-state index in [9.17, 15) is 5.11 Å². The Labute approximate surface area is 336 Å². The van der Waals surface area contributed by atoms with Crippen molar-refractivity contribution in [2.24, 2.45) is 5.92 Å². The van der Waals surface area contributed by atoms with E-state index in [2.05, 4.69) is 65.6 Å². The Morgan fingerprint density at radius 2 is 1.07 bits per heavy atom. The van der Waals surface area contributed by atoms with Gasteiger partial charge in [0, 0.05) is 17.7 Å². The molecule has 8 rings (SSSR count). The number of hydrogen-bond donors (Lipinski definition) is 1. The molecule has 6 unspecified atom stereocenters. The molecule has 292 valence electrons. The average Bonchev–Trinajstić information content (AvgIpc) is 4.13. The Morgan fingerprint density at radius 3 is 1.61 bits per heavy atom. The van der Waals surface area contributed by atoms with Gasteiger partial charge in [0.25, 0.3) is 0 Å². The average molecular weight is 762 g/mol. The van der Waals surface area contributed by atoms with Crippen LogP contribution in [-0.2, 0) is 45.4 Å². The molecular weight excluding hydrogens is 711 g/mol. The molecule has 0 radical (unpaired) electrons. The molecule has 7 nitrogen and oxygen atoms in total. The number of benzene rings is 5. The Bertz CT molecular complexity index is 2080. The van der Waals surface area contributed by atoms with Crippen LogP contribution in [0.3, 0.4) is 0 Å². The molecule has 1 aromatic heterocycles. The molecule has 2 aliphatic carbocycles. The fraction of sp³-hybridized carbons (Fsp3) is 0.300. The van der Waals surface area contributed by atoms with Crippen LogP contribution in [0.5, 0.6) is 5.75 Å². The van der Waals surface area contributed by atoms with Crippen LogP contribution in [0.25, 0.3) is 0 Å². The molecule has 2 saturated carbocycles. The number of nitrogens with zero attached hydrogens (tertiary/aromatic N) is 1. The molecule has 6 aromatic rings. The molecule has 2 aliphatic rings. The number of hydrogen-bond acceptors (Lipinski definition) is 7. The zero-order valence-corrected chi connectivity index (χ0v) is 32.2. The van der Waals surface area contributed by atoms with Gasteiger partial charge in [-0.3, -0.25) is 4.98 Å². The monoisotopic (exact) mass is 761 g/mol. The largest absolute Gasteiger partial charge is 0.486 e. The molecule has 6 atom stereocenters. The molecule has 57 heavy (non-hydrogen) atoms. The van der Waals surface area contributed by atoms with Gasteiger partial charge >= 0.3 is 0 Å². The second-order valence-electron chi connectivity index (χ2n) is 15.2. The highest BCUT2D eigenvalue weighted by Crippen LogP contribution is 2.41. The summed E-state index contributed by atoms with van der Waals surface area (Å²) < 4.78 is 34.4. The second kappa shape index (κ2) is 19.3. The SMILES string of the molecule is OC(c1ccc(C2CC2)cc1)c1ccncc1OC1CC(COCc2ccccc2)C(OCc2ccccc2)C(OCc2ccccc2)C1OCc1ccccc1. The van der Waals surface area contributed by atoms with Crippen LogP contribution in [0, 0.1) is 5.92 Å². The fourth-order valence-corrected chi connectivity index (χ4v) is 7.76. The second-order valence-corrected chi connectivity index (χ2v) is 15.2. The summed E-state index contributed by atoms with van der Waals surface area (Å²) in [4.78, 5) is 4.47. The van der Waals surface area contributed by atoms with Crippen molar-refractivity contribution in [3.8, 4) is 5.75 Å². The number of pyridine rings is 1. The molecule has 2 fully saturated rings. The Balaban J connectivity index is 1.13. The molecular formula is C50H51NO6. The minimum absolute atomic E-state index is 0.125. The Hall–Kier alpha value is -5.15. The van der Waals surface area contributed by atoms with Crippen molar-refractivity contribution in [2.45, 2.75) is 82.1 Å². The van der Waals surface area contributed by atoms with Gasteiger partial charge in [0.2, 0.25) is 0 Å². The van der Waals surface area contributed by atoms with E-state index in [1.807, 2.05) is 91.0 Å². The first-order valence-corrected chi connectivity index (χ1v) is 20.1. The summed E-state index contributed by atoms with van der Waals surface area (Å²) >= 11 is 0. The van der Waals surface area contributed by atoms with Gasteiger partial charge in [-0.2, -0.15) is 0 Å². The predicted octanol–water partition coefficient (Wildman–Crippen LogP) is 9.78. The van der Waals surface area contributed by atoms with Crippen LogP contribution in [0.1, 0.15) is 70.2 Å². The van der Waals surface area contributed by atoms with Gasteiger partial charge in [0.1, 0.15) is 30.2 Å². The zero-order valence-electron chi connectivity index (χ0n) is 32.2. The lowest BCUT2D eigenvalue weighted by Crippen LogP contribution is -2.59. The normalized spacial score (nSPS) is 21.2. The van der Waals surface area contributed by atoms with E-state index in [1.54, 1.807) is 12.4 Å². The van der Waals surface area contributed by atoms with E-state index in [0.29, 0.717) is 56.7 Å². The number of aliphatic hydroxyl groups excluding tert-OH is 1. The molecule has 7 heteroatoms. The highest BCUT2D eigenvalue weighted by atomic mass is 16.6. The first-order valence-electron chi connectivity index (χ1n) is 20.1. The maximum absolute atomic E-state index is 11.8. The fourth-order valence-electron chi connectivity index (χ4n) is 7.76. The third kappa shape index (κ3) is 10.4. The highest BCUT2D eigenvalue weighted by molar-refractivity contribution is 5.40. The number of ether oxygens (including phenoxy) is 5. The summed E-state index contributed by atoms with van der Waals surface area (Å²) in [6.07, 6.45) is 3.53. The Morgan fingerprint density at radius 1 is 0.561 bits per heavy atom. The third-order valence-corrected chi connectivity index (χ3v) is 11.0. The van der Waals surface area contributed by atoms with E-state index >= 15 is 0 Å². The lowest BCUT2D eigenvalue weighted by Gasteiger charge is -2.46. The van der Waals surface area contributed by atoms with E-state index in [4.69, 9.17) is 23.7 Å². The zero-order chi connectivity index (χ0) is 38.7. The number of aromatic nitrogens is 1. The first kappa shape index (κ1) is 38.7. The topological polar surface area (TPSA) is 79.3 Å². The van der Waals surface area contributed by atoms with E-state index < -0.39 is 30.5 Å². The summed E-state index contributed by atoms with van der Waals surface area (Å²) in [5.74, 6) is 1.01. The maximum Gasteiger partial charge on any atom is 0.144 e. The smallest absolute Gasteiger partial charge is 0.144 e.